The van der Waals surface area contributed by atoms with Gasteiger partial charge in [-0.3, -0.25) is 4.79 Å². The molecule has 5 rings (SSSR count). The van der Waals surface area contributed by atoms with Gasteiger partial charge in [-0.15, -0.1) is 0 Å². The van der Waals surface area contributed by atoms with E-state index in [1.807, 2.05) is 48.1 Å². The Labute approximate surface area is 202 Å². The predicted molar refractivity (Wildman–Crippen MR) is 132 cm³/mol. The zero-order chi connectivity index (χ0) is 24.5. The van der Waals surface area contributed by atoms with E-state index in [-0.39, 0.29) is 18.0 Å². The number of pyridine rings is 1. The molecule has 180 valence electrons. The van der Waals surface area contributed by atoms with Crippen LogP contribution in [-0.2, 0) is 0 Å². The Balaban J connectivity index is 1.53. The SMILES string of the molecule is COc1cc(Nc2cc(C3CC3)cn([C@@H](CO)c3ccc(F)cc3)c2=O)ccc1-n1cnc(C)c1. The van der Waals surface area contributed by atoms with E-state index >= 15 is 0 Å². The van der Waals surface area contributed by atoms with Gasteiger partial charge < -0.3 is 24.3 Å². The monoisotopic (exact) mass is 474 g/mol. The molecule has 1 saturated carbocycles. The van der Waals surface area contributed by atoms with Crippen molar-refractivity contribution in [2.75, 3.05) is 19.0 Å². The number of aliphatic hydroxyl groups excluding tert-OH is 1. The van der Waals surface area contributed by atoms with Crippen molar-refractivity contribution in [1.82, 2.24) is 14.1 Å². The number of halogens is 1. The molecule has 2 aromatic heterocycles. The lowest BCUT2D eigenvalue weighted by atomic mass is 10.1. The first-order valence-electron chi connectivity index (χ1n) is 11.5. The second-order valence-corrected chi connectivity index (χ2v) is 8.86. The Morgan fingerprint density at radius 1 is 1.17 bits per heavy atom. The molecule has 0 amide bonds. The molecule has 0 saturated heterocycles. The second-order valence-electron chi connectivity index (χ2n) is 8.86. The number of hydrogen-bond donors (Lipinski definition) is 2. The van der Waals surface area contributed by atoms with Gasteiger partial charge >= 0.3 is 0 Å². The molecular weight excluding hydrogens is 447 g/mol. The molecule has 2 heterocycles. The summed E-state index contributed by atoms with van der Waals surface area (Å²) in [7, 11) is 1.60. The molecule has 0 unspecified atom stereocenters. The first-order valence-corrected chi connectivity index (χ1v) is 11.5. The molecule has 2 aromatic carbocycles. The van der Waals surface area contributed by atoms with E-state index in [0.29, 0.717) is 28.6 Å². The number of aryl methyl sites for hydroxylation is 1. The highest BCUT2D eigenvalue weighted by atomic mass is 19.1. The minimum absolute atomic E-state index is 0.272. The number of nitrogens with one attached hydrogen (secondary N) is 1. The number of imidazole rings is 1. The van der Waals surface area contributed by atoms with E-state index in [0.717, 1.165) is 29.8 Å². The Bertz CT molecular complexity index is 1410. The first-order chi connectivity index (χ1) is 17.0. The fourth-order valence-corrected chi connectivity index (χ4v) is 4.30. The van der Waals surface area contributed by atoms with Gasteiger partial charge in [-0.25, -0.2) is 9.37 Å². The summed E-state index contributed by atoms with van der Waals surface area (Å²) in [6.07, 6.45) is 7.58. The third kappa shape index (κ3) is 4.70. The minimum Gasteiger partial charge on any atom is -0.494 e. The number of nitrogens with zero attached hydrogens (tertiary/aromatic N) is 3. The Morgan fingerprint density at radius 2 is 1.94 bits per heavy atom. The third-order valence-corrected chi connectivity index (χ3v) is 6.32. The van der Waals surface area contributed by atoms with Crippen LogP contribution < -0.4 is 15.6 Å². The molecule has 7 nitrogen and oxygen atoms in total. The van der Waals surface area contributed by atoms with Crippen molar-refractivity contribution >= 4 is 11.4 Å². The van der Waals surface area contributed by atoms with Crippen LogP contribution in [0.4, 0.5) is 15.8 Å². The number of hydrogen-bond acceptors (Lipinski definition) is 5. The average molecular weight is 475 g/mol. The summed E-state index contributed by atoms with van der Waals surface area (Å²) < 4.78 is 22.5. The van der Waals surface area contributed by atoms with Crippen LogP contribution in [0, 0.1) is 12.7 Å². The maximum absolute atomic E-state index is 13.5. The van der Waals surface area contributed by atoms with Gasteiger partial charge in [0.15, 0.2) is 0 Å². The zero-order valence-corrected chi connectivity index (χ0v) is 19.6. The van der Waals surface area contributed by atoms with Crippen molar-refractivity contribution in [3.05, 3.63) is 100 Å². The Morgan fingerprint density at radius 3 is 2.57 bits per heavy atom. The smallest absolute Gasteiger partial charge is 0.274 e. The van der Waals surface area contributed by atoms with E-state index < -0.39 is 6.04 Å². The number of methoxy groups -OCH3 is 1. The van der Waals surface area contributed by atoms with Crippen LogP contribution in [-0.4, -0.2) is 32.9 Å². The number of rotatable bonds is 8. The van der Waals surface area contributed by atoms with Crippen LogP contribution in [0.1, 0.15) is 41.6 Å². The fraction of sp³-hybridized carbons (Fsp3) is 0.259. The fourth-order valence-electron chi connectivity index (χ4n) is 4.30. The lowest BCUT2D eigenvalue weighted by Gasteiger charge is -2.21. The van der Waals surface area contributed by atoms with Gasteiger partial charge in [-0.1, -0.05) is 12.1 Å². The highest BCUT2D eigenvalue weighted by Crippen LogP contribution is 2.41. The van der Waals surface area contributed by atoms with Gasteiger partial charge in [0.1, 0.15) is 17.3 Å². The van der Waals surface area contributed by atoms with Crippen LogP contribution in [0.3, 0.4) is 0 Å². The number of aromatic nitrogens is 3. The molecule has 2 N–H and O–H groups in total. The number of anilines is 2. The van der Waals surface area contributed by atoms with E-state index in [1.54, 1.807) is 30.1 Å². The second kappa shape index (κ2) is 9.38. The number of aliphatic hydroxyl groups is 1. The number of benzene rings is 2. The summed E-state index contributed by atoms with van der Waals surface area (Å²) in [6, 6.07) is 12.7. The molecule has 1 aliphatic rings. The topological polar surface area (TPSA) is 81.3 Å². The van der Waals surface area contributed by atoms with Crippen LogP contribution >= 0.6 is 0 Å². The Hall–Kier alpha value is -3.91. The minimum atomic E-state index is -0.622. The number of ether oxygens (including phenoxy) is 1. The van der Waals surface area contributed by atoms with Crippen molar-refractivity contribution in [2.45, 2.75) is 31.7 Å². The van der Waals surface area contributed by atoms with Gasteiger partial charge in [-0.05, 0) is 67.1 Å². The van der Waals surface area contributed by atoms with E-state index in [9.17, 15) is 14.3 Å². The summed E-state index contributed by atoms with van der Waals surface area (Å²) in [5.41, 5.74) is 4.25. The average Bonchev–Trinajstić information content (AvgIpc) is 3.63. The summed E-state index contributed by atoms with van der Waals surface area (Å²) in [5, 5.41) is 13.4. The van der Waals surface area contributed by atoms with Crippen molar-refractivity contribution in [2.24, 2.45) is 0 Å². The Kier molecular flexibility index (Phi) is 6.13. The molecule has 0 bridgehead atoms. The molecule has 1 fully saturated rings. The van der Waals surface area contributed by atoms with Crippen LogP contribution in [0.25, 0.3) is 5.69 Å². The first kappa shape index (κ1) is 22.9. The standard InChI is InChI=1S/C27H27FN4O3/c1-17-13-31(16-29-17)24-10-9-22(12-26(24)35-2)30-23-11-20(18-3-4-18)14-32(27(23)34)25(15-33)19-5-7-21(28)8-6-19/h5-14,16,18,25,30,33H,3-4,15H2,1-2H3/t25-/m0/s1. The lowest BCUT2D eigenvalue weighted by molar-refractivity contribution is 0.247. The van der Waals surface area contributed by atoms with Crippen LogP contribution in [0.15, 0.2) is 72.0 Å². The predicted octanol–water partition coefficient (Wildman–Crippen LogP) is 4.69. The summed E-state index contributed by atoms with van der Waals surface area (Å²) in [6.45, 7) is 1.63. The molecule has 1 aliphatic carbocycles. The molecular formula is C27H27FN4O3. The molecule has 8 heteroatoms. The van der Waals surface area contributed by atoms with Gasteiger partial charge in [0.25, 0.3) is 5.56 Å². The zero-order valence-electron chi connectivity index (χ0n) is 19.6. The largest absolute Gasteiger partial charge is 0.494 e. The quantitative estimate of drug-likeness (QED) is 0.387. The maximum atomic E-state index is 13.5. The molecule has 35 heavy (non-hydrogen) atoms. The lowest BCUT2D eigenvalue weighted by Crippen LogP contribution is -2.29. The van der Waals surface area contributed by atoms with Gasteiger partial charge in [0.2, 0.25) is 0 Å². The molecule has 0 spiro atoms. The highest BCUT2D eigenvalue weighted by molar-refractivity contribution is 5.65. The van der Waals surface area contributed by atoms with Gasteiger partial charge in [0, 0.05) is 24.1 Å². The van der Waals surface area contributed by atoms with Crippen molar-refractivity contribution in [3.63, 3.8) is 0 Å². The van der Waals surface area contributed by atoms with E-state index in [4.69, 9.17) is 4.74 Å². The van der Waals surface area contributed by atoms with Crippen molar-refractivity contribution in [3.8, 4) is 11.4 Å². The summed E-state index contributed by atoms with van der Waals surface area (Å²) in [4.78, 5) is 17.8. The van der Waals surface area contributed by atoms with Crippen molar-refractivity contribution in [1.29, 1.82) is 0 Å². The van der Waals surface area contributed by atoms with E-state index in [1.165, 1.54) is 12.1 Å². The summed E-state index contributed by atoms with van der Waals surface area (Å²) >= 11 is 0. The normalized spacial score (nSPS) is 14.1. The van der Waals surface area contributed by atoms with E-state index in [2.05, 4.69) is 10.3 Å². The molecule has 4 aromatic rings. The third-order valence-electron chi connectivity index (χ3n) is 6.32. The molecule has 1 atom stereocenters. The van der Waals surface area contributed by atoms with Gasteiger partial charge in [-0.2, -0.15) is 0 Å². The van der Waals surface area contributed by atoms with Crippen molar-refractivity contribution < 1.29 is 14.2 Å². The molecule has 0 aliphatic heterocycles. The summed E-state index contributed by atoms with van der Waals surface area (Å²) in [5.74, 6) is 0.650. The molecule has 0 radical (unpaired) electrons. The highest BCUT2D eigenvalue weighted by Gasteiger charge is 2.27. The van der Waals surface area contributed by atoms with Crippen LogP contribution in [0.2, 0.25) is 0 Å². The van der Waals surface area contributed by atoms with Gasteiger partial charge in [0.05, 0.1) is 37.5 Å². The maximum Gasteiger partial charge on any atom is 0.274 e. The van der Waals surface area contributed by atoms with Crippen LogP contribution in [0.5, 0.6) is 5.75 Å².